The second-order valence-corrected chi connectivity index (χ2v) is 7.99. The van der Waals surface area contributed by atoms with Gasteiger partial charge in [-0.25, -0.2) is 4.68 Å². The van der Waals surface area contributed by atoms with Crippen LogP contribution in [-0.4, -0.2) is 38.4 Å². The summed E-state index contributed by atoms with van der Waals surface area (Å²) >= 11 is 0. The molecule has 0 atom stereocenters. The number of amides is 1. The van der Waals surface area contributed by atoms with Gasteiger partial charge in [-0.2, -0.15) is 5.10 Å². The fourth-order valence-electron chi connectivity index (χ4n) is 4.09. The highest BCUT2D eigenvalue weighted by molar-refractivity contribution is 6.02. The van der Waals surface area contributed by atoms with E-state index in [0.717, 1.165) is 22.5 Å². The Morgan fingerprint density at radius 1 is 1.00 bits per heavy atom. The Bertz CT molecular complexity index is 1270. The maximum atomic E-state index is 13.2. The van der Waals surface area contributed by atoms with E-state index in [9.17, 15) is 9.59 Å². The molecule has 162 valence electrons. The van der Waals surface area contributed by atoms with Crippen LogP contribution in [0.15, 0.2) is 66.9 Å². The number of carbonyl (C=O) groups is 2. The topological polar surface area (TPSA) is 71.0 Å². The summed E-state index contributed by atoms with van der Waals surface area (Å²) in [5.74, 6) is -0.210. The molecule has 0 spiro atoms. The molecule has 0 unspecified atom stereocenters. The van der Waals surface area contributed by atoms with Crippen LogP contribution in [0.5, 0.6) is 0 Å². The molecule has 1 N–H and O–H groups in total. The summed E-state index contributed by atoms with van der Waals surface area (Å²) in [6.45, 7) is 5.52. The van der Waals surface area contributed by atoms with E-state index in [1.54, 1.807) is 11.9 Å². The van der Waals surface area contributed by atoms with Gasteiger partial charge in [-0.1, -0.05) is 48.5 Å². The van der Waals surface area contributed by atoms with Gasteiger partial charge < -0.3 is 9.88 Å². The molecule has 0 fully saturated rings. The first-order chi connectivity index (χ1) is 15.4. The van der Waals surface area contributed by atoms with Gasteiger partial charge in [0.05, 0.1) is 11.4 Å². The molecule has 1 amide bonds. The Balaban J connectivity index is 1.69. The summed E-state index contributed by atoms with van der Waals surface area (Å²) in [5.41, 5.74) is 6.15. The molecule has 0 radical (unpaired) electrons. The SMILES string of the molecule is CC(=O)c1c(C)[nH]c(C(=O)N(C)Cc2cn(-c3ccccc3)nc2-c2ccccc2)c1C. The van der Waals surface area contributed by atoms with Crippen molar-refractivity contribution in [1.82, 2.24) is 19.7 Å². The number of aromatic nitrogens is 3. The van der Waals surface area contributed by atoms with Crippen molar-refractivity contribution in [3.63, 3.8) is 0 Å². The van der Waals surface area contributed by atoms with Crippen LogP contribution >= 0.6 is 0 Å². The fraction of sp³-hybridized carbons (Fsp3) is 0.192. The lowest BCUT2D eigenvalue weighted by atomic mass is 10.1. The van der Waals surface area contributed by atoms with Crippen LogP contribution in [0.1, 0.15) is 44.6 Å². The van der Waals surface area contributed by atoms with Gasteiger partial charge in [0.25, 0.3) is 5.91 Å². The fourth-order valence-corrected chi connectivity index (χ4v) is 4.09. The van der Waals surface area contributed by atoms with Crippen LogP contribution in [0.4, 0.5) is 0 Å². The molecule has 4 aromatic rings. The predicted octanol–water partition coefficient (Wildman–Crippen LogP) is 4.96. The molecule has 6 nitrogen and oxygen atoms in total. The first-order valence-corrected chi connectivity index (χ1v) is 10.5. The van der Waals surface area contributed by atoms with Crippen LogP contribution in [0, 0.1) is 13.8 Å². The number of rotatable bonds is 6. The number of para-hydroxylation sites is 1. The monoisotopic (exact) mass is 426 g/mol. The van der Waals surface area contributed by atoms with Gasteiger partial charge >= 0.3 is 0 Å². The van der Waals surface area contributed by atoms with Crippen molar-refractivity contribution in [2.75, 3.05) is 7.05 Å². The number of hydrogen-bond acceptors (Lipinski definition) is 3. The molecule has 0 aliphatic heterocycles. The lowest BCUT2D eigenvalue weighted by molar-refractivity contribution is 0.0779. The van der Waals surface area contributed by atoms with Crippen molar-refractivity contribution in [1.29, 1.82) is 0 Å². The number of nitrogens with zero attached hydrogens (tertiary/aromatic N) is 3. The Kier molecular flexibility index (Phi) is 5.77. The van der Waals surface area contributed by atoms with Crippen molar-refractivity contribution < 1.29 is 9.59 Å². The van der Waals surface area contributed by atoms with Gasteiger partial charge in [-0.3, -0.25) is 9.59 Å². The number of aryl methyl sites for hydroxylation is 1. The van der Waals surface area contributed by atoms with E-state index >= 15 is 0 Å². The van der Waals surface area contributed by atoms with Crippen molar-refractivity contribution in [2.24, 2.45) is 0 Å². The predicted molar refractivity (Wildman–Crippen MR) is 125 cm³/mol. The van der Waals surface area contributed by atoms with Crippen molar-refractivity contribution in [3.8, 4) is 16.9 Å². The third kappa shape index (κ3) is 3.99. The molecule has 0 saturated carbocycles. The van der Waals surface area contributed by atoms with Crippen molar-refractivity contribution in [2.45, 2.75) is 27.3 Å². The van der Waals surface area contributed by atoms with Gasteiger partial charge in [0.2, 0.25) is 0 Å². The highest BCUT2D eigenvalue weighted by Gasteiger charge is 2.23. The number of Topliss-reactive ketones (excluding diaryl/α,β-unsaturated/α-hetero) is 1. The highest BCUT2D eigenvalue weighted by Crippen LogP contribution is 2.26. The maximum Gasteiger partial charge on any atom is 0.270 e. The number of carbonyl (C=O) groups excluding carboxylic acids is 2. The molecule has 0 aliphatic carbocycles. The third-order valence-corrected chi connectivity index (χ3v) is 5.62. The van der Waals surface area contributed by atoms with Crippen molar-refractivity contribution >= 4 is 11.7 Å². The second-order valence-electron chi connectivity index (χ2n) is 7.99. The number of benzene rings is 2. The van der Waals surface area contributed by atoms with E-state index in [-0.39, 0.29) is 11.7 Å². The number of aromatic amines is 1. The average Bonchev–Trinajstić information content (AvgIpc) is 3.34. The van der Waals surface area contributed by atoms with Gasteiger partial charge in [-0.15, -0.1) is 0 Å². The summed E-state index contributed by atoms with van der Waals surface area (Å²) in [4.78, 5) is 30.0. The molecule has 2 aromatic heterocycles. The van der Waals surface area contributed by atoms with Crippen LogP contribution < -0.4 is 0 Å². The van der Waals surface area contributed by atoms with E-state index in [1.165, 1.54) is 6.92 Å². The molecule has 2 aromatic carbocycles. The first kappa shape index (κ1) is 21.3. The van der Waals surface area contributed by atoms with Gasteiger partial charge in [0, 0.05) is 42.2 Å². The first-order valence-electron chi connectivity index (χ1n) is 10.5. The van der Waals surface area contributed by atoms with Gasteiger partial charge in [0.15, 0.2) is 5.78 Å². The zero-order chi connectivity index (χ0) is 22.8. The van der Waals surface area contributed by atoms with E-state index < -0.39 is 0 Å². The summed E-state index contributed by atoms with van der Waals surface area (Å²) in [6, 6.07) is 19.8. The molecule has 6 heteroatoms. The Labute approximate surface area is 187 Å². The zero-order valence-corrected chi connectivity index (χ0v) is 18.7. The summed E-state index contributed by atoms with van der Waals surface area (Å²) in [6.07, 6.45) is 1.97. The largest absolute Gasteiger partial charge is 0.354 e. The number of nitrogens with one attached hydrogen (secondary N) is 1. The average molecular weight is 427 g/mol. The molecule has 32 heavy (non-hydrogen) atoms. The number of hydrogen-bond donors (Lipinski definition) is 1. The zero-order valence-electron chi connectivity index (χ0n) is 18.7. The van der Waals surface area contributed by atoms with Gasteiger partial charge in [-0.05, 0) is 38.5 Å². The van der Waals surface area contributed by atoms with Crippen LogP contribution in [0.25, 0.3) is 16.9 Å². The molecule has 4 rings (SSSR count). The summed E-state index contributed by atoms with van der Waals surface area (Å²) < 4.78 is 1.84. The van der Waals surface area contributed by atoms with Gasteiger partial charge in [0.1, 0.15) is 5.69 Å². The molecular weight excluding hydrogens is 400 g/mol. The smallest absolute Gasteiger partial charge is 0.270 e. The van der Waals surface area contributed by atoms with Crippen LogP contribution in [-0.2, 0) is 6.54 Å². The van der Waals surface area contributed by atoms with Crippen LogP contribution in [0.2, 0.25) is 0 Å². The Morgan fingerprint density at radius 2 is 1.62 bits per heavy atom. The number of ketones is 1. The molecule has 0 saturated heterocycles. The van der Waals surface area contributed by atoms with E-state index in [1.807, 2.05) is 85.4 Å². The van der Waals surface area contributed by atoms with E-state index in [2.05, 4.69) is 4.98 Å². The lowest BCUT2D eigenvalue weighted by Crippen LogP contribution is -2.27. The quantitative estimate of drug-likeness (QED) is 0.443. The molecule has 0 bridgehead atoms. The molecule has 0 aliphatic rings. The standard InChI is InChI=1S/C26H26N4O2/c1-17-23(19(3)31)18(2)27-24(17)26(32)29(4)15-21-16-30(22-13-9-6-10-14-22)28-25(21)20-11-7-5-8-12-20/h5-14,16,27H,15H2,1-4H3. The normalized spacial score (nSPS) is 10.9. The summed E-state index contributed by atoms with van der Waals surface area (Å²) in [7, 11) is 1.76. The number of H-pyrrole nitrogens is 1. The Morgan fingerprint density at radius 3 is 2.22 bits per heavy atom. The summed E-state index contributed by atoms with van der Waals surface area (Å²) in [5, 5.41) is 4.82. The maximum absolute atomic E-state index is 13.2. The minimum absolute atomic E-state index is 0.0477. The Hall–Kier alpha value is -3.93. The van der Waals surface area contributed by atoms with E-state index in [4.69, 9.17) is 5.10 Å². The molecular formula is C26H26N4O2. The van der Waals surface area contributed by atoms with E-state index in [0.29, 0.717) is 29.1 Å². The highest BCUT2D eigenvalue weighted by atomic mass is 16.2. The van der Waals surface area contributed by atoms with Crippen LogP contribution in [0.3, 0.4) is 0 Å². The molecule has 2 heterocycles. The lowest BCUT2D eigenvalue weighted by Gasteiger charge is -2.17. The van der Waals surface area contributed by atoms with Crippen molar-refractivity contribution in [3.05, 3.63) is 94.9 Å². The third-order valence-electron chi connectivity index (χ3n) is 5.62. The minimum Gasteiger partial charge on any atom is -0.354 e. The minimum atomic E-state index is -0.162. The second kappa shape index (κ2) is 8.67.